The van der Waals surface area contributed by atoms with E-state index in [2.05, 4.69) is 10.2 Å². The van der Waals surface area contributed by atoms with Gasteiger partial charge in [0.2, 0.25) is 0 Å². The smallest absolute Gasteiger partial charge is 0.0848 e. The van der Waals surface area contributed by atoms with Crippen LogP contribution in [0.5, 0.6) is 0 Å². The van der Waals surface area contributed by atoms with E-state index in [0.717, 1.165) is 22.2 Å². The summed E-state index contributed by atoms with van der Waals surface area (Å²) in [5.74, 6) is 0.425. The minimum atomic E-state index is 0. The normalized spacial score (nSPS) is 10.1. The minimum absolute atomic E-state index is 0. The number of hydrogen-bond acceptors (Lipinski definition) is 2. The monoisotopic (exact) mass is 231 g/mol. The van der Waals surface area contributed by atoms with Crippen LogP contribution in [0.3, 0.4) is 0 Å². The lowest BCUT2D eigenvalue weighted by atomic mass is 10.1. The number of hydrogen-bond donors (Lipinski definition) is 2. The van der Waals surface area contributed by atoms with Crippen molar-refractivity contribution in [2.75, 3.05) is 0 Å². The Bertz CT molecular complexity index is 425. The highest BCUT2D eigenvalue weighted by atomic mass is 35.5. The Morgan fingerprint density at radius 3 is 2.86 bits per heavy atom. The molecular formula is C9H11Cl2N3. The van der Waals surface area contributed by atoms with Gasteiger partial charge in [0.25, 0.3) is 0 Å². The van der Waals surface area contributed by atoms with E-state index in [1.54, 1.807) is 0 Å². The molecule has 14 heavy (non-hydrogen) atoms. The number of aromatic nitrogens is 2. The van der Waals surface area contributed by atoms with Crippen LogP contribution in [0.4, 0.5) is 0 Å². The van der Waals surface area contributed by atoms with Crippen LogP contribution in [0, 0.1) is 0 Å². The second-order valence-corrected chi connectivity index (χ2v) is 3.16. The first-order chi connectivity index (χ1) is 6.35. The van der Waals surface area contributed by atoms with Crippen molar-refractivity contribution >= 4 is 34.9 Å². The second-order valence-electron chi connectivity index (χ2n) is 2.89. The molecule has 1 aromatic carbocycles. The summed E-state index contributed by atoms with van der Waals surface area (Å²) in [6, 6.07) is 5.98. The van der Waals surface area contributed by atoms with Crippen LogP contribution in [0.1, 0.15) is 11.3 Å². The first kappa shape index (κ1) is 11.3. The lowest BCUT2D eigenvalue weighted by Crippen LogP contribution is -1.95. The summed E-state index contributed by atoms with van der Waals surface area (Å²) in [6.45, 7) is 0.544. The number of H-pyrrole nitrogens is 1. The van der Waals surface area contributed by atoms with E-state index >= 15 is 0 Å². The Kier molecular flexibility index (Phi) is 3.75. The van der Waals surface area contributed by atoms with Crippen LogP contribution in [-0.2, 0) is 12.4 Å². The van der Waals surface area contributed by atoms with Crippen molar-refractivity contribution in [1.82, 2.24) is 10.2 Å². The lowest BCUT2D eigenvalue weighted by Gasteiger charge is -1.96. The topological polar surface area (TPSA) is 54.7 Å². The average molecular weight is 232 g/mol. The number of rotatable bonds is 2. The predicted octanol–water partition coefficient (Wildman–Crippen LogP) is 2.18. The third kappa shape index (κ3) is 1.85. The maximum atomic E-state index is 5.73. The summed E-state index contributed by atoms with van der Waals surface area (Å²) in [5.41, 5.74) is 8.52. The molecule has 2 aromatic rings. The third-order valence-corrected chi connectivity index (χ3v) is 2.32. The van der Waals surface area contributed by atoms with Crippen molar-refractivity contribution in [3.05, 3.63) is 29.5 Å². The molecule has 0 fully saturated rings. The fourth-order valence-corrected chi connectivity index (χ4v) is 1.55. The van der Waals surface area contributed by atoms with Crippen molar-refractivity contribution in [3.8, 4) is 0 Å². The zero-order valence-electron chi connectivity index (χ0n) is 7.46. The Morgan fingerprint density at radius 1 is 1.43 bits per heavy atom. The molecule has 1 aromatic heterocycles. The largest absolute Gasteiger partial charge is 0.326 e. The summed E-state index contributed by atoms with van der Waals surface area (Å²) >= 11 is 5.73. The summed E-state index contributed by atoms with van der Waals surface area (Å²) in [4.78, 5) is 0. The number of nitrogens with two attached hydrogens (primary N) is 1. The van der Waals surface area contributed by atoms with Gasteiger partial charge in [0.05, 0.1) is 17.1 Å². The Balaban J connectivity index is 0.000000980. The van der Waals surface area contributed by atoms with E-state index in [0.29, 0.717) is 12.4 Å². The third-order valence-electron chi connectivity index (χ3n) is 2.07. The van der Waals surface area contributed by atoms with Gasteiger partial charge in [-0.15, -0.1) is 24.0 Å². The van der Waals surface area contributed by atoms with Crippen molar-refractivity contribution in [2.45, 2.75) is 12.4 Å². The molecule has 1 heterocycles. The molecule has 0 bridgehead atoms. The molecule has 3 nitrogen and oxygen atoms in total. The van der Waals surface area contributed by atoms with Gasteiger partial charge in [-0.3, -0.25) is 5.10 Å². The van der Waals surface area contributed by atoms with Gasteiger partial charge in [0, 0.05) is 11.9 Å². The molecule has 0 aliphatic heterocycles. The van der Waals surface area contributed by atoms with E-state index < -0.39 is 0 Å². The van der Waals surface area contributed by atoms with Crippen LogP contribution in [-0.4, -0.2) is 10.2 Å². The van der Waals surface area contributed by atoms with Gasteiger partial charge in [-0.25, -0.2) is 0 Å². The van der Waals surface area contributed by atoms with Gasteiger partial charge in [0.1, 0.15) is 0 Å². The molecule has 0 radical (unpaired) electrons. The van der Waals surface area contributed by atoms with E-state index in [1.165, 1.54) is 0 Å². The fraction of sp³-hybridized carbons (Fsp3) is 0.222. The van der Waals surface area contributed by atoms with Gasteiger partial charge in [-0.2, -0.15) is 5.10 Å². The second kappa shape index (κ2) is 4.64. The summed E-state index contributed by atoms with van der Waals surface area (Å²) < 4.78 is 0. The number of benzene rings is 1. The number of fused-ring (bicyclic) bond motifs is 1. The molecule has 0 amide bonds. The number of aromatic amines is 1. The predicted molar refractivity (Wildman–Crippen MR) is 60.8 cm³/mol. The van der Waals surface area contributed by atoms with E-state index in [9.17, 15) is 0 Å². The number of nitrogens with one attached hydrogen (secondary N) is 1. The van der Waals surface area contributed by atoms with Gasteiger partial charge < -0.3 is 5.73 Å². The SMILES string of the molecule is Cl.NCc1ccc2[nH]nc(CCl)c2c1. The summed E-state index contributed by atoms with van der Waals surface area (Å²) in [7, 11) is 0. The van der Waals surface area contributed by atoms with Gasteiger partial charge in [-0.1, -0.05) is 6.07 Å². The van der Waals surface area contributed by atoms with Crippen molar-refractivity contribution in [3.63, 3.8) is 0 Å². The molecule has 0 spiro atoms. The zero-order valence-corrected chi connectivity index (χ0v) is 9.03. The zero-order chi connectivity index (χ0) is 9.26. The molecule has 5 heteroatoms. The number of alkyl halides is 1. The molecule has 0 saturated heterocycles. The Morgan fingerprint density at radius 2 is 2.21 bits per heavy atom. The van der Waals surface area contributed by atoms with Crippen LogP contribution < -0.4 is 5.73 Å². The van der Waals surface area contributed by atoms with E-state index in [1.807, 2.05) is 18.2 Å². The Hall–Kier alpha value is -0.770. The fourth-order valence-electron chi connectivity index (χ4n) is 1.34. The molecule has 0 aliphatic rings. The molecule has 0 saturated carbocycles. The van der Waals surface area contributed by atoms with Gasteiger partial charge in [0.15, 0.2) is 0 Å². The molecule has 0 atom stereocenters. The van der Waals surface area contributed by atoms with E-state index in [-0.39, 0.29) is 12.4 Å². The molecule has 0 unspecified atom stereocenters. The van der Waals surface area contributed by atoms with Crippen molar-refractivity contribution in [2.24, 2.45) is 5.73 Å². The molecule has 2 rings (SSSR count). The van der Waals surface area contributed by atoms with Crippen LogP contribution in [0.2, 0.25) is 0 Å². The molecule has 3 N–H and O–H groups in total. The molecular weight excluding hydrogens is 221 g/mol. The van der Waals surface area contributed by atoms with Crippen LogP contribution in [0.25, 0.3) is 10.9 Å². The highest BCUT2D eigenvalue weighted by molar-refractivity contribution is 6.17. The maximum Gasteiger partial charge on any atom is 0.0848 e. The average Bonchev–Trinajstić information content (AvgIpc) is 2.59. The van der Waals surface area contributed by atoms with Crippen LogP contribution >= 0.6 is 24.0 Å². The first-order valence-electron chi connectivity index (χ1n) is 4.07. The highest BCUT2D eigenvalue weighted by Crippen LogP contribution is 2.18. The van der Waals surface area contributed by atoms with Gasteiger partial charge in [-0.05, 0) is 17.7 Å². The Labute approximate surface area is 93.0 Å². The first-order valence-corrected chi connectivity index (χ1v) is 4.60. The van der Waals surface area contributed by atoms with E-state index in [4.69, 9.17) is 17.3 Å². The minimum Gasteiger partial charge on any atom is -0.326 e. The summed E-state index contributed by atoms with van der Waals surface area (Å²) in [5, 5.41) is 8.07. The van der Waals surface area contributed by atoms with Crippen LogP contribution in [0.15, 0.2) is 18.2 Å². The van der Waals surface area contributed by atoms with Gasteiger partial charge >= 0.3 is 0 Å². The molecule has 0 aliphatic carbocycles. The maximum absolute atomic E-state index is 5.73. The summed E-state index contributed by atoms with van der Waals surface area (Å²) in [6.07, 6.45) is 0. The quantitative estimate of drug-likeness (QED) is 0.779. The highest BCUT2D eigenvalue weighted by Gasteiger charge is 2.04. The number of halogens is 2. The standard InChI is InChI=1S/C9H10ClN3.ClH/c10-4-9-7-3-6(5-11)1-2-8(7)12-13-9;/h1-3H,4-5,11H2,(H,12,13);1H. The van der Waals surface area contributed by atoms with Crippen molar-refractivity contribution < 1.29 is 0 Å². The molecule has 76 valence electrons. The van der Waals surface area contributed by atoms with Crippen molar-refractivity contribution in [1.29, 1.82) is 0 Å². The lowest BCUT2D eigenvalue weighted by molar-refractivity contribution is 1.05. The number of nitrogens with zero attached hydrogens (tertiary/aromatic N) is 1.